The highest BCUT2D eigenvalue weighted by Crippen LogP contribution is 2.30. The lowest BCUT2D eigenvalue weighted by atomic mass is 10.1. The van der Waals surface area contributed by atoms with Crippen molar-refractivity contribution in [2.45, 2.75) is 39.2 Å². The first-order valence-electron chi connectivity index (χ1n) is 10.6. The molecule has 2 heterocycles. The van der Waals surface area contributed by atoms with E-state index in [2.05, 4.69) is 49.3 Å². The highest BCUT2D eigenvalue weighted by molar-refractivity contribution is 5.81. The zero-order chi connectivity index (χ0) is 21.1. The number of aryl methyl sites for hydroxylation is 3. The zero-order valence-corrected chi connectivity index (χ0v) is 17.8. The molecule has 0 radical (unpaired) electrons. The molecule has 156 valence electrons. The molecule has 4 rings (SSSR count). The lowest BCUT2D eigenvalue weighted by molar-refractivity contribution is -0.127. The molecule has 0 spiro atoms. The monoisotopic (exact) mass is 403 g/mol. The molecule has 1 aliphatic rings. The Morgan fingerprint density at radius 3 is 2.90 bits per heavy atom. The molecule has 3 aromatic rings. The molecule has 0 aliphatic carbocycles. The van der Waals surface area contributed by atoms with Gasteiger partial charge in [-0.3, -0.25) is 4.79 Å². The highest BCUT2D eigenvalue weighted by atomic mass is 16.5. The van der Waals surface area contributed by atoms with E-state index in [4.69, 9.17) is 9.72 Å². The third kappa shape index (κ3) is 4.11. The Bertz CT molecular complexity index is 1070. The molecule has 0 bridgehead atoms. The van der Waals surface area contributed by atoms with Gasteiger partial charge in [-0.25, -0.2) is 4.98 Å². The van der Waals surface area contributed by atoms with Crippen LogP contribution in [0.15, 0.2) is 55.1 Å². The van der Waals surface area contributed by atoms with Gasteiger partial charge in [-0.15, -0.1) is 6.58 Å². The van der Waals surface area contributed by atoms with Crippen molar-refractivity contribution < 1.29 is 9.53 Å². The number of imidazole rings is 1. The predicted octanol–water partition coefficient (Wildman–Crippen LogP) is 4.62. The molecule has 30 heavy (non-hydrogen) atoms. The number of carbonyl (C=O) groups is 1. The van der Waals surface area contributed by atoms with E-state index in [0.717, 1.165) is 41.1 Å². The fourth-order valence-electron chi connectivity index (χ4n) is 4.19. The van der Waals surface area contributed by atoms with E-state index in [-0.39, 0.29) is 11.8 Å². The third-order valence-corrected chi connectivity index (χ3v) is 5.74. The van der Waals surface area contributed by atoms with E-state index in [1.807, 2.05) is 23.1 Å². The van der Waals surface area contributed by atoms with Crippen molar-refractivity contribution >= 4 is 16.9 Å². The average Bonchev–Trinajstić information content (AvgIpc) is 3.28. The minimum absolute atomic E-state index is 0.116. The second-order valence-corrected chi connectivity index (χ2v) is 8.07. The van der Waals surface area contributed by atoms with Crippen LogP contribution in [-0.4, -0.2) is 40.1 Å². The molecule has 1 aromatic heterocycles. The van der Waals surface area contributed by atoms with Crippen LogP contribution in [0, 0.1) is 13.8 Å². The number of aromatic nitrogens is 2. The first kappa shape index (κ1) is 20.2. The lowest BCUT2D eigenvalue weighted by Gasteiger charge is -2.16. The molecule has 5 heteroatoms. The number of fused-ring (bicyclic) bond motifs is 1. The Balaban J connectivity index is 1.50. The largest absolute Gasteiger partial charge is 0.493 e. The number of amides is 1. The number of hydrogen-bond donors (Lipinski definition) is 0. The molecular weight excluding hydrogens is 374 g/mol. The minimum Gasteiger partial charge on any atom is -0.493 e. The second kappa shape index (κ2) is 8.74. The topological polar surface area (TPSA) is 47.4 Å². The average molecular weight is 404 g/mol. The minimum atomic E-state index is 0.116. The normalized spacial score (nSPS) is 16.4. The Morgan fingerprint density at radius 2 is 2.07 bits per heavy atom. The van der Waals surface area contributed by atoms with E-state index in [1.54, 1.807) is 6.08 Å². The summed E-state index contributed by atoms with van der Waals surface area (Å²) in [6.45, 7) is 10.7. The van der Waals surface area contributed by atoms with E-state index >= 15 is 0 Å². The van der Waals surface area contributed by atoms with Crippen LogP contribution in [0.4, 0.5) is 0 Å². The van der Waals surface area contributed by atoms with Crippen molar-refractivity contribution in [3.05, 3.63) is 72.1 Å². The zero-order valence-electron chi connectivity index (χ0n) is 17.8. The van der Waals surface area contributed by atoms with Gasteiger partial charge in [-0.1, -0.05) is 30.3 Å². The van der Waals surface area contributed by atoms with E-state index in [1.165, 1.54) is 5.56 Å². The summed E-state index contributed by atoms with van der Waals surface area (Å²) < 4.78 is 8.33. The van der Waals surface area contributed by atoms with Gasteiger partial charge in [0.05, 0.1) is 17.6 Å². The van der Waals surface area contributed by atoms with Gasteiger partial charge in [0.1, 0.15) is 11.6 Å². The Hall–Kier alpha value is -3.08. The Morgan fingerprint density at radius 1 is 1.23 bits per heavy atom. The van der Waals surface area contributed by atoms with Crippen LogP contribution in [0.25, 0.3) is 11.0 Å². The molecule has 1 amide bonds. The van der Waals surface area contributed by atoms with Crippen LogP contribution in [0.2, 0.25) is 0 Å². The summed E-state index contributed by atoms with van der Waals surface area (Å²) in [6, 6.07) is 14.5. The molecule has 0 saturated carbocycles. The maximum atomic E-state index is 12.4. The van der Waals surface area contributed by atoms with Gasteiger partial charge in [0.15, 0.2) is 0 Å². The van der Waals surface area contributed by atoms with Crippen LogP contribution in [0.1, 0.15) is 35.7 Å². The fraction of sp³-hybridized carbons (Fsp3) is 0.360. The number of benzene rings is 2. The summed E-state index contributed by atoms with van der Waals surface area (Å²) in [5, 5.41) is 0. The van der Waals surface area contributed by atoms with Crippen molar-refractivity contribution in [3.63, 3.8) is 0 Å². The predicted molar refractivity (Wildman–Crippen MR) is 120 cm³/mol. The van der Waals surface area contributed by atoms with Gasteiger partial charge >= 0.3 is 0 Å². The molecule has 1 aliphatic heterocycles. The molecule has 0 unspecified atom stereocenters. The summed E-state index contributed by atoms with van der Waals surface area (Å²) in [7, 11) is 0. The molecule has 1 fully saturated rings. The summed E-state index contributed by atoms with van der Waals surface area (Å²) in [5.41, 5.74) is 4.46. The van der Waals surface area contributed by atoms with Gasteiger partial charge in [0.25, 0.3) is 0 Å². The van der Waals surface area contributed by atoms with Crippen molar-refractivity contribution in [1.29, 1.82) is 0 Å². The van der Waals surface area contributed by atoms with E-state index < -0.39 is 0 Å². The molecule has 0 N–H and O–H groups in total. The second-order valence-electron chi connectivity index (χ2n) is 8.07. The van der Waals surface area contributed by atoms with Gasteiger partial charge in [-0.05, 0) is 49.6 Å². The fourth-order valence-corrected chi connectivity index (χ4v) is 4.19. The molecule has 2 aromatic carbocycles. The van der Waals surface area contributed by atoms with Crippen LogP contribution >= 0.6 is 0 Å². The molecular formula is C25H29N3O2. The maximum Gasteiger partial charge on any atom is 0.223 e. The SMILES string of the molecule is C=CCN1C[C@H](c2nc3ccccc3n2CCCOc2cc(C)ccc2C)CC1=O. The first-order valence-corrected chi connectivity index (χ1v) is 10.6. The van der Waals surface area contributed by atoms with Crippen LogP contribution < -0.4 is 4.74 Å². The Labute approximate surface area is 178 Å². The van der Waals surface area contributed by atoms with Crippen molar-refractivity contribution in [2.75, 3.05) is 19.7 Å². The lowest BCUT2D eigenvalue weighted by Crippen LogP contribution is -2.25. The number of para-hydroxylation sites is 2. The van der Waals surface area contributed by atoms with Crippen LogP contribution in [0.3, 0.4) is 0 Å². The molecule has 5 nitrogen and oxygen atoms in total. The van der Waals surface area contributed by atoms with Gasteiger partial charge in [0, 0.05) is 32.0 Å². The van der Waals surface area contributed by atoms with Gasteiger partial charge in [-0.2, -0.15) is 0 Å². The van der Waals surface area contributed by atoms with Gasteiger partial charge < -0.3 is 14.2 Å². The molecule has 1 saturated heterocycles. The number of nitrogens with zero attached hydrogens (tertiary/aromatic N) is 3. The van der Waals surface area contributed by atoms with E-state index in [0.29, 0.717) is 26.1 Å². The summed E-state index contributed by atoms with van der Waals surface area (Å²) in [6.07, 6.45) is 3.17. The van der Waals surface area contributed by atoms with Gasteiger partial charge in [0.2, 0.25) is 5.91 Å². The summed E-state index contributed by atoms with van der Waals surface area (Å²) >= 11 is 0. The number of carbonyl (C=O) groups excluding carboxylic acids is 1. The smallest absolute Gasteiger partial charge is 0.223 e. The summed E-state index contributed by atoms with van der Waals surface area (Å²) in [4.78, 5) is 19.1. The first-order chi connectivity index (χ1) is 14.6. The third-order valence-electron chi connectivity index (χ3n) is 5.74. The quantitative estimate of drug-likeness (QED) is 0.407. The summed E-state index contributed by atoms with van der Waals surface area (Å²) in [5.74, 6) is 2.25. The number of ether oxygens (including phenoxy) is 1. The maximum absolute atomic E-state index is 12.4. The van der Waals surface area contributed by atoms with Crippen molar-refractivity contribution in [1.82, 2.24) is 14.5 Å². The van der Waals surface area contributed by atoms with E-state index in [9.17, 15) is 4.79 Å². The number of hydrogen-bond acceptors (Lipinski definition) is 3. The van der Waals surface area contributed by atoms with Crippen LogP contribution in [0.5, 0.6) is 5.75 Å². The number of likely N-dealkylation sites (tertiary alicyclic amines) is 1. The molecule has 1 atom stereocenters. The van der Waals surface area contributed by atoms with Crippen molar-refractivity contribution in [2.24, 2.45) is 0 Å². The Kier molecular flexibility index (Phi) is 5.88. The number of rotatable bonds is 8. The van der Waals surface area contributed by atoms with Crippen LogP contribution in [-0.2, 0) is 11.3 Å². The standard InChI is InChI=1S/C25H29N3O2/c1-4-12-27-17-20(16-24(27)29)25-26-21-8-5-6-9-22(21)28(25)13-7-14-30-23-15-18(2)10-11-19(23)3/h4-6,8-11,15,20H,1,7,12-14,16-17H2,2-3H3/t20-/m1/s1. The van der Waals surface area contributed by atoms with Crippen molar-refractivity contribution in [3.8, 4) is 5.75 Å². The highest BCUT2D eigenvalue weighted by Gasteiger charge is 2.33.